The predicted octanol–water partition coefficient (Wildman–Crippen LogP) is 6.84. The fraction of sp³-hybridized carbons (Fsp3) is 0.267. The second-order valence-electron chi connectivity index (χ2n) is 9.16. The number of carbonyl (C=O) groups is 1. The predicted molar refractivity (Wildman–Crippen MR) is 145 cm³/mol. The maximum Gasteiger partial charge on any atom is 0.255 e. The van der Waals surface area contributed by atoms with Gasteiger partial charge < -0.3 is 14.4 Å². The molecule has 1 aliphatic rings. The van der Waals surface area contributed by atoms with E-state index in [-0.39, 0.29) is 24.3 Å². The van der Waals surface area contributed by atoms with E-state index >= 15 is 0 Å². The number of hydrogen-bond acceptors (Lipinski definition) is 4. The third-order valence-electron chi connectivity index (χ3n) is 6.59. The molecule has 0 spiro atoms. The molecule has 1 aliphatic heterocycles. The second-order valence-corrected chi connectivity index (χ2v) is 9.57. The molecule has 0 bridgehead atoms. The largest absolute Gasteiger partial charge is 0.435 e. The Morgan fingerprint density at radius 3 is 2.55 bits per heavy atom. The Bertz CT molecular complexity index is 1400. The number of nitrogens with zero attached hydrogens (tertiary/aromatic N) is 3. The van der Waals surface area contributed by atoms with E-state index in [0.717, 1.165) is 24.2 Å². The molecule has 3 aromatic carbocycles. The van der Waals surface area contributed by atoms with Crippen molar-refractivity contribution >= 4 is 17.5 Å². The lowest BCUT2D eigenvalue weighted by atomic mass is 10.1. The number of aromatic nitrogens is 2. The molecule has 196 valence electrons. The van der Waals surface area contributed by atoms with E-state index in [9.17, 15) is 9.18 Å². The molecule has 0 radical (unpaired) electrons. The zero-order chi connectivity index (χ0) is 26.5. The van der Waals surface area contributed by atoms with Crippen LogP contribution in [0.1, 0.15) is 41.4 Å². The number of benzene rings is 3. The van der Waals surface area contributed by atoms with Crippen LogP contribution in [0.25, 0.3) is 5.69 Å². The summed E-state index contributed by atoms with van der Waals surface area (Å²) in [6.07, 6.45) is 2.34. The molecule has 0 N–H and O–H groups in total. The lowest BCUT2D eigenvalue weighted by molar-refractivity contribution is 0.0505. The van der Waals surface area contributed by atoms with Crippen molar-refractivity contribution < 1.29 is 18.7 Å². The molecule has 0 aliphatic carbocycles. The van der Waals surface area contributed by atoms with Crippen LogP contribution in [0, 0.1) is 5.82 Å². The molecule has 2 heterocycles. The van der Waals surface area contributed by atoms with Crippen molar-refractivity contribution in [1.82, 2.24) is 14.7 Å². The standard InChI is InChI=1S/C30H29ClFN3O3/c1-2-27-24(20-34(19-22-13-10-18-37-22)29(36)23-14-6-7-15-25(23)31)30(38-28-17-9-8-16-26(28)32)35(33-27)21-11-4-3-5-12-21/h3-9,11-12,14-17,22H,2,10,13,18-20H2,1H3. The zero-order valence-corrected chi connectivity index (χ0v) is 21.9. The smallest absolute Gasteiger partial charge is 0.255 e. The Balaban J connectivity index is 1.60. The average molecular weight is 534 g/mol. The van der Waals surface area contributed by atoms with E-state index in [1.54, 1.807) is 52.0 Å². The fourth-order valence-corrected chi connectivity index (χ4v) is 4.87. The van der Waals surface area contributed by atoms with Crippen LogP contribution in [0.5, 0.6) is 11.6 Å². The highest BCUT2D eigenvalue weighted by atomic mass is 35.5. The number of aryl methyl sites for hydroxylation is 1. The molecule has 6 nitrogen and oxygen atoms in total. The summed E-state index contributed by atoms with van der Waals surface area (Å²) in [5, 5.41) is 5.22. The van der Waals surface area contributed by atoms with Gasteiger partial charge in [-0.2, -0.15) is 5.10 Å². The highest BCUT2D eigenvalue weighted by Crippen LogP contribution is 2.34. The van der Waals surface area contributed by atoms with Gasteiger partial charge in [0.15, 0.2) is 11.6 Å². The Hall–Kier alpha value is -3.68. The topological polar surface area (TPSA) is 56.6 Å². The number of ether oxygens (including phenoxy) is 2. The summed E-state index contributed by atoms with van der Waals surface area (Å²) in [6.45, 7) is 3.26. The molecule has 0 saturated carbocycles. The van der Waals surface area contributed by atoms with Crippen LogP contribution < -0.4 is 4.74 Å². The van der Waals surface area contributed by atoms with Crippen LogP contribution in [0.15, 0.2) is 78.9 Å². The molecule has 1 unspecified atom stereocenters. The summed E-state index contributed by atoms with van der Waals surface area (Å²) in [4.78, 5) is 15.5. The quantitative estimate of drug-likeness (QED) is 0.236. The van der Waals surface area contributed by atoms with E-state index in [2.05, 4.69) is 0 Å². The van der Waals surface area contributed by atoms with Gasteiger partial charge in [0.25, 0.3) is 5.91 Å². The Kier molecular flexibility index (Phi) is 8.05. The van der Waals surface area contributed by atoms with Crippen LogP contribution in [0.4, 0.5) is 4.39 Å². The normalized spacial score (nSPS) is 15.0. The first-order valence-electron chi connectivity index (χ1n) is 12.8. The first-order valence-corrected chi connectivity index (χ1v) is 13.2. The monoisotopic (exact) mass is 533 g/mol. The number of hydrogen-bond donors (Lipinski definition) is 0. The van der Waals surface area contributed by atoms with Crippen LogP contribution in [0.2, 0.25) is 5.02 Å². The van der Waals surface area contributed by atoms with Crippen LogP contribution >= 0.6 is 11.6 Å². The summed E-state index contributed by atoms with van der Waals surface area (Å²) >= 11 is 6.42. The van der Waals surface area contributed by atoms with E-state index in [1.165, 1.54) is 6.07 Å². The van der Waals surface area contributed by atoms with Gasteiger partial charge in [0, 0.05) is 13.2 Å². The summed E-state index contributed by atoms with van der Waals surface area (Å²) in [6, 6.07) is 22.8. The maximum absolute atomic E-state index is 14.7. The molecule has 8 heteroatoms. The summed E-state index contributed by atoms with van der Waals surface area (Å²) in [5.74, 6) is -0.253. The van der Waals surface area contributed by atoms with E-state index in [4.69, 9.17) is 26.2 Å². The van der Waals surface area contributed by atoms with Crippen molar-refractivity contribution in [2.45, 2.75) is 38.8 Å². The minimum Gasteiger partial charge on any atom is -0.435 e. The van der Waals surface area contributed by atoms with E-state index in [0.29, 0.717) is 41.6 Å². The van der Waals surface area contributed by atoms with Crippen molar-refractivity contribution in [3.63, 3.8) is 0 Å². The highest BCUT2D eigenvalue weighted by molar-refractivity contribution is 6.33. The Morgan fingerprint density at radius 1 is 1.11 bits per heavy atom. The molecule has 1 amide bonds. The van der Waals surface area contributed by atoms with Gasteiger partial charge in [0.1, 0.15) is 0 Å². The molecule has 1 aromatic heterocycles. The number of rotatable bonds is 9. The Morgan fingerprint density at radius 2 is 1.84 bits per heavy atom. The maximum atomic E-state index is 14.7. The molecule has 1 fully saturated rings. The molecule has 38 heavy (non-hydrogen) atoms. The third-order valence-corrected chi connectivity index (χ3v) is 6.92. The van der Waals surface area contributed by atoms with Crippen molar-refractivity contribution in [3.05, 3.63) is 107 Å². The summed E-state index contributed by atoms with van der Waals surface area (Å²) < 4.78 is 28.5. The third kappa shape index (κ3) is 5.59. The lowest BCUT2D eigenvalue weighted by Gasteiger charge is -2.26. The van der Waals surface area contributed by atoms with Gasteiger partial charge in [-0.15, -0.1) is 0 Å². The van der Waals surface area contributed by atoms with Crippen molar-refractivity contribution in [1.29, 1.82) is 0 Å². The molecule has 4 aromatic rings. The van der Waals surface area contributed by atoms with Crippen molar-refractivity contribution in [3.8, 4) is 17.3 Å². The van der Waals surface area contributed by atoms with Gasteiger partial charge in [0.05, 0.1) is 40.2 Å². The van der Waals surface area contributed by atoms with Crippen molar-refractivity contribution in [2.75, 3.05) is 13.2 Å². The fourth-order valence-electron chi connectivity index (χ4n) is 4.65. The Labute approximate surface area is 226 Å². The summed E-state index contributed by atoms with van der Waals surface area (Å²) in [7, 11) is 0. The highest BCUT2D eigenvalue weighted by Gasteiger charge is 2.29. The van der Waals surface area contributed by atoms with E-state index < -0.39 is 5.82 Å². The first kappa shape index (κ1) is 25.9. The molecule has 1 saturated heterocycles. The first-order chi connectivity index (χ1) is 18.5. The zero-order valence-electron chi connectivity index (χ0n) is 21.1. The molecule has 5 rings (SSSR count). The van der Waals surface area contributed by atoms with Gasteiger partial charge in [0.2, 0.25) is 5.88 Å². The molecular formula is C30H29ClFN3O3. The minimum absolute atomic E-state index is 0.0772. The molecule has 1 atom stereocenters. The van der Waals surface area contributed by atoms with Crippen LogP contribution in [-0.4, -0.2) is 39.8 Å². The minimum atomic E-state index is -0.485. The van der Waals surface area contributed by atoms with Gasteiger partial charge in [-0.05, 0) is 55.7 Å². The summed E-state index contributed by atoms with van der Waals surface area (Å²) in [5.41, 5.74) is 2.64. The lowest BCUT2D eigenvalue weighted by Crippen LogP contribution is -2.37. The van der Waals surface area contributed by atoms with Gasteiger partial charge in [-0.3, -0.25) is 4.79 Å². The van der Waals surface area contributed by atoms with Gasteiger partial charge >= 0.3 is 0 Å². The van der Waals surface area contributed by atoms with Crippen LogP contribution in [0.3, 0.4) is 0 Å². The number of para-hydroxylation sites is 2. The van der Waals surface area contributed by atoms with Gasteiger partial charge in [-0.1, -0.05) is 61.0 Å². The van der Waals surface area contributed by atoms with E-state index in [1.807, 2.05) is 37.3 Å². The number of carbonyl (C=O) groups excluding carboxylic acids is 1. The second kappa shape index (κ2) is 11.8. The number of amides is 1. The average Bonchev–Trinajstić information content (AvgIpc) is 3.58. The van der Waals surface area contributed by atoms with Crippen LogP contribution in [-0.2, 0) is 17.7 Å². The molecular weight excluding hydrogens is 505 g/mol. The van der Waals surface area contributed by atoms with Crippen molar-refractivity contribution in [2.24, 2.45) is 0 Å². The van der Waals surface area contributed by atoms with Gasteiger partial charge in [-0.25, -0.2) is 9.07 Å². The SMILES string of the molecule is CCc1nn(-c2ccccc2)c(Oc2ccccc2F)c1CN(CC1CCCO1)C(=O)c1ccccc1Cl. The number of halogens is 2.